The van der Waals surface area contributed by atoms with E-state index in [1.165, 1.54) is 6.20 Å². The van der Waals surface area contributed by atoms with Crippen LogP contribution in [-0.4, -0.2) is 81.5 Å². The minimum Gasteiger partial charge on any atom is -0.480 e. The highest BCUT2D eigenvalue weighted by molar-refractivity contribution is 5.94. The van der Waals surface area contributed by atoms with E-state index >= 15 is 4.39 Å². The summed E-state index contributed by atoms with van der Waals surface area (Å²) in [6.45, 7) is 2.98. The van der Waals surface area contributed by atoms with Crippen LogP contribution in [0.4, 0.5) is 16.0 Å². The zero-order valence-electron chi connectivity index (χ0n) is 22.3. The van der Waals surface area contributed by atoms with Crippen molar-refractivity contribution in [3.05, 3.63) is 47.5 Å². The molecule has 0 radical (unpaired) electrons. The van der Waals surface area contributed by atoms with E-state index in [1.807, 2.05) is 29.2 Å². The van der Waals surface area contributed by atoms with Gasteiger partial charge in [-0.05, 0) is 62.8 Å². The Labute approximate surface area is 231 Å². The van der Waals surface area contributed by atoms with Crippen molar-refractivity contribution >= 4 is 28.6 Å². The molecule has 10 nitrogen and oxygen atoms in total. The molecule has 1 aliphatic carbocycles. The minimum absolute atomic E-state index is 0.0126. The number of aliphatic hydroxyl groups excluding tert-OH is 1. The van der Waals surface area contributed by atoms with Crippen molar-refractivity contribution in [2.45, 2.75) is 62.8 Å². The molecule has 3 aromatic heterocycles. The second-order valence-electron chi connectivity index (χ2n) is 11.4. The van der Waals surface area contributed by atoms with Crippen LogP contribution in [0.1, 0.15) is 43.4 Å². The highest BCUT2D eigenvalue weighted by Crippen LogP contribution is 2.41. The highest BCUT2D eigenvalue weighted by Gasteiger charge is 2.45. The number of amides is 1. The zero-order chi connectivity index (χ0) is 27.3. The predicted molar refractivity (Wildman–Crippen MR) is 146 cm³/mol. The van der Waals surface area contributed by atoms with E-state index in [1.54, 1.807) is 0 Å². The summed E-state index contributed by atoms with van der Waals surface area (Å²) in [5, 5.41) is 12.8. The molecule has 210 valence electrons. The number of ether oxygens (including phenoxy) is 2. The first-order chi connectivity index (χ1) is 19.5. The van der Waals surface area contributed by atoms with Crippen molar-refractivity contribution in [1.82, 2.24) is 19.9 Å². The van der Waals surface area contributed by atoms with Gasteiger partial charge in [0.2, 0.25) is 0 Å². The molecule has 3 aromatic rings. The number of hydrogen-bond acceptors (Lipinski definition) is 9. The number of pyridine rings is 3. The fourth-order valence-corrected chi connectivity index (χ4v) is 6.59. The molecule has 0 spiro atoms. The van der Waals surface area contributed by atoms with Gasteiger partial charge in [0.05, 0.1) is 41.7 Å². The number of halogens is 1. The van der Waals surface area contributed by atoms with E-state index in [2.05, 4.69) is 15.2 Å². The molecule has 1 atom stereocenters. The number of rotatable bonds is 7. The number of aliphatic hydroxyl groups is 1. The van der Waals surface area contributed by atoms with E-state index in [0.29, 0.717) is 79.9 Å². The Morgan fingerprint density at radius 1 is 1.18 bits per heavy atom. The van der Waals surface area contributed by atoms with Gasteiger partial charge in [-0.3, -0.25) is 14.7 Å². The van der Waals surface area contributed by atoms with E-state index < -0.39 is 0 Å². The highest BCUT2D eigenvalue weighted by atomic mass is 19.1. The first kappa shape index (κ1) is 25.6. The van der Waals surface area contributed by atoms with Crippen LogP contribution >= 0.6 is 0 Å². The van der Waals surface area contributed by atoms with E-state index in [9.17, 15) is 9.90 Å². The molecular weight excluding hydrogens is 515 g/mol. The molecule has 40 heavy (non-hydrogen) atoms. The quantitative estimate of drug-likeness (QED) is 0.460. The van der Waals surface area contributed by atoms with Crippen molar-refractivity contribution in [3.8, 4) is 5.75 Å². The number of β-amino-alcohol motifs (C(OH)–C–C–N with tert-alkyl or cyclic N) is 1. The van der Waals surface area contributed by atoms with Crippen LogP contribution in [0.25, 0.3) is 11.0 Å². The summed E-state index contributed by atoms with van der Waals surface area (Å²) in [7, 11) is 0. The van der Waals surface area contributed by atoms with Crippen LogP contribution in [-0.2, 0) is 22.5 Å². The van der Waals surface area contributed by atoms with Gasteiger partial charge in [-0.15, -0.1) is 0 Å². The van der Waals surface area contributed by atoms with Crippen LogP contribution in [0.2, 0.25) is 0 Å². The molecule has 2 N–H and O–H groups in total. The summed E-state index contributed by atoms with van der Waals surface area (Å²) in [5.74, 6) is 1.14. The lowest BCUT2D eigenvalue weighted by atomic mass is 9.76. The molecule has 1 saturated carbocycles. The van der Waals surface area contributed by atoms with Gasteiger partial charge in [0, 0.05) is 37.3 Å². The Kier molecular flexibility index (Phi) is 6.52. The summed E-state index contributed by atoms with van der Waals surface area (Å²) < 4.78 is 27.0. The van der Waals surface area contributed by atoms with Gasteiger partial charge in [-0.1, -0.05) is 0 Å². The largest absolute Gasteiger partial charge is 0.480 e. The van der Waals surface area contributed by atoms with Crippen LogP contribution in [0.15, 0.2) is 30.5 Å². The van der Waals surface area contributed by atoms with E-state index in [0.717, 1.165) is 37.2 Å². The Morgan fingerprint density at radius 3 is 2.83 bits per heavy atom. The maximum Gasteiger partial charge on any atom is 0.263 e. The van der Waals surface area contributed by atoms with Crippen molar-refractivity contribution in [1.29, 1.82) is 0 Å². The fourth-order valence-electron chi connectivity index (χ4n) is 6.59. The second-order valence-corrected chi connectivity index (χ2v) is 11.4. The van der Waals surface area contributed by atoms with Crippen molar-refractivity contribution in [3.63, 3.8) is 0 Å². The molecule has 1 amide bonds. The number of nitrogens with zero attached hydrogens (tertiary/aromatic N) is 5. The normalized spacial score (nSPS) is 25.8. The van der Waals surface area contributed by atoms with Crippen LogP contribution < -0.4 is 15.0 Å². The van der Waals surface area contributed by atoms with Gasteiger partial charge in [-0.2, -0.15) is 0 Å². The number of nitrogens with one attached hydrogen (secondary N) is 1. The van der Waals surface area contributed by atoms with E-state index in [-0.39, 0.29) is 30.0 Å². The average molecular weight is 549 g/mol. The van der Waals surface area contributed by atoms with Crippen LogP contribution in [0.3, 0.4) is 0 Å². The van der Waals surface area contributed by atoms with Crippen molar-refractivity contribution in [2.24, 2.45) is 0 Å². The molecule has 4 aliphatic heterocycles. The van der Waals surface area contributed by atoms with Gasteiger partial charge in [-0.25, -0.2) is 14.4 Å². The monoisotopic (exact) mass is 548 g/mol. The molecule has 3 saturated heterocycles. The lowest BCUT2D eigenvalue weighted by Gasteiger charge is -2.52. The molecule has 11 heteroatoms. The first-order valence-corrected chi connectivity index (χ1v) is 14.1. The number of aromatic nitrogens is 3. The molecule has 8 rings (SSSR count). The number of hydrogen-bond donors (Lipinski definition) is 2. The Bertz CT molecular complexity index is 1430. The molecule has 5 aliphatic rings. The minimum atomic E-state index is -0.375. The van der Waals surface area contributed by atoms with Gasteiger partial charge >= 0.3 is 0 Å². The summed E-state index contributed by atoms with van der Waals surface area (Å²) in [6.07, 6.45) is 6.42. The number of anilines is 2. The van der Waals surface area contributed by atoms with Crippen molar-refractivity contribution in [2.75, 3.05) is 43.1 Å². The third-order valence-electron chi connectivity index (χ3n) is 8.88. The number of carbonyl (C=O) groups excluding carboxylic acids is 1. The molecule has 7 heterocycles. The van der Waals surface area contributed by atoms with Gasteiger partial charge in [0.15, 0.2) is 18.2 Å². The van der Waals surface area contributed by atoms with Gasteiger partial charge in [0.1, 0.15) is 11.6 Å². The molecule has 4 fully saturated rings. The lowest BCUT2D eigenvalue weighted by molar-refractivity contribution is -0.138. The standard InChI is InChI=1S/C29H33FN6O4/c30-22-13-31-23-2-4-25(35-11-7-19(37)15-35)33-27(23)21(22)8-12-36(29-9-5-20(6-10-29)40-17-29)14-18-1-3-24-28(32-18)34-26(38)16-39-24/h1-4,13,19-20,37H,5-12,14-17H2,(H,32,34,38)/t19-,20?,29?/m0/s1. The fraction of sp³-hybridized carbons (Fsp3) is 0.517. The smallest absolute Gasteiger partial charge is 0.263 e. The third-order valence-corrected chi connectivity index (χ3v) is 8.88. The molecule has 0 aromatic carbocycles. The lowest BCUT2D eigenvalue weighted by Crippen LogP contribution is -2.59. The Balaban J connectivity index is 1.19. The first-order valence-electron chi connectivity index (χ1n) is 14.1. The topological polar surface area (TPSA) is 113 Å². The van der Waals surface area contributed by atoms with Crippen LogP contribution in [0.5, 0.6) is 5.75 Å². The average Bonchev–Trinajstić information content (AvgIpc) is 3.42. The zero-order valence-corrected chi connectivity index (χ0v) is 22.3. The van der Waals surface area contributed by atoms with Gasteiger partial charge < -0.3 is 24.8 Å². The molecule has 2 bridgehead atoms. The predicted octanol–water partition coefficient (Wildman–Crippen LogP) is 2.82. The Hall–Kier alpha value is -3.41. The second kappa shape index (κ2) is 10.2. The third kappa shape index (κ3) is 4.76. The van der Waals surface area contributed by atoms with Crippen molar-refractivity contribution < 1.29 is 23.8 Å². The Morgan fingerprint density at radius 2 is 2.05 bits per heavy atom. The number of fused-ring (bicyclic) bond motifs is 5. The maximum atomic E-state index is 15.4. The summed E-state index contributed by atoms with van der Waals surface area (Å²) in [4.78, 5) is 30.1. The maximum absolute atomic E-state index is 15.4. The van der Waals surface area contributed by atoms with Gasteiger partial charge in [0.25, 0.3) is 5.91 Å². The molecule has 0 unspecified atom stereocenters. The number of carbonyl (C=O) groups is 1. The van der Waals surface area contributed by atoms with Crippen LogP contribution in [0, 0.1) is 5.82 Å². The summed E-state index contributed by atoms with van der Waals surface area (Å²) in [5.41, 5.74) is 2.40. The SMILES string of the molecule is O=C1COc2ccc(CN(CCc3c(F)cnc4ccc(N5CC[C@H](O)C5)nc34)C34CCC(CC3)OC4)nc2N1. The molecular formula is C29H33FN6O4. The summed E-state index contributed by atoms with van der Waals surface area (Å²) in [6, 6.07) is 7.54. The summed E-state index contributed by atoms with van der Waals surface area (Å²) >= 11 is 0. The van der Waals surface area contributed by atoms with E-state index in [4.69, 9.17) is 19.4 Å².